The van der Waals surface area contributed by atoms with Gasteiger partial charge in [0.05, 0.1) is 16.5 Å². The van der Waals surface area contributed by atoms with E-state index in [1.165, 1.54) is 45.8 Å². The van der Waals surface area contributed by atoms with Crippen molar-refractivity contribution in [3.63, 3.8) is 0 Å². The van der Waals surface area contributed by atoms with Gasteiger partial charge in [-0.15, -0.1) is 0 Å². The molecule has 1 fully saturated rings. The molecule has 2 aromatic carbocycles. The molecule has 0 radical (unpaired) electrons. The van der Waals surface area contributed by atoms with Crippen molar-refractivity contribution in [3.05, 3.63) is 104 Å². The number of nitrogens with one attached hydrogen (secondary N) is 2. The molecule has 6 rings (SSSR count). The summed E-state index contributed by atoms with van der Waals surface area (Å²) in [5.41, 5.74) is 1.35. The highest BCUT2D eigenvalue weighted by atomic mass is 35.5. The summed E-state index contributed by atoms with van der Waals surface area (Å²) in [5.74, 6) is -4.14. The summed E-state index contributed by atoms with van der Waals surface area (Å²) in [6.07, 6.45) is -2.67. The molecular formula is C29H22Cl2F4N5O4+. The van der Waals surface area contributed by atoms with Crippen LogP contribution in [0.5, 0.6) is 0 Å². The lowest BCUT2D eigenvalue weighted by molar-refractivity contribution is -0.856. The fraction of sp³-hybridized carbons (Fsp3) is 0.241. The van der Waals surface area contributed by atoms with Crippen LogP contribution in [-0.4, -0.2) is 50.4 Å². The molecule has 1 atom stereocenters. The van der Waals surface area contributed by atoms with Crippen molar-refractivity contribution >= 4 is 51.6 Å². The quantitative estimate of drug-likeness (QED) is 0.207. The van der Waals surface area contributed by atoms with Gasteiger partial charge in [-0.25, -0.2) is 19.0 Å². The van der Waals surface area contributed by atoms with Gasteiger partial charge in [0.1, 0.15) is 16.5 Å². The highest BCUT2D eigenvalue weighted by molar-refractivity contribution is 6.42. The Morgan fingerprint density at radius 2 is 1.89 bits per heavy atom. The first-order valence-electron chi connectivity index (χ1n) is 13.4. The highest BCUT2D eigenvalue weighted by Gasteiger charge is 2.45. The molecule has 5 aromatic rings. The average Bonchev–Trinajstić information content (AvgIpc) is 3.52. The number of nitrogens with zero attached hydrogens (tertiary/aromatic N) is 3. The Morgan fingerprint density at radius 3 is 2.66 bits per heavy atom. The summed E-state index contributed by atoms with van der Waals surface area (Å²) in [6.45, 7) is 0.302. The maximum absolute atomic E-state index is 15.1. The average molecular weight is 651 g/mol. The second kappa shape index (κ2) is 11.3. The summed E-state index contributed by atoms with van der Waals surface area (Å²) < 4.78 is 56.6. The van der Waals surface area contributed by atoms with E-state index in [9.17, 15) is 27.6 Å². The van der Waals surface area contributed by atoms with E-state index in [0.717, 1.165) is 4.73 Å². The van der Waals surface area contributed by atoms with Crippen LogP contribution in [0.2, 0.25) is 10.2 Å². The molecule has 0 bridgehead atoms. The molecule has 9 nitrogen and oxygen atoms in total. The van der Waals surface area contributed by atoms with E-state index in [-0.39, 0.29) is 52.1 Å². The topological polar surface area (TPSA) is 104 Å². The fourth-order valence-corrected chi connectivity index (χ4v) is 5.95. The van der Waals surface area contributed by atoms with Crippen molar-refractivity contribution in [2.24, 2.45) is 0 Å². The molecule has 1 amide bonds. The molecule has 0 aliphatic carbocycles. The van der Waals surface area contributed by atoms with Crippen LogP contribution in [0, 0.1) is 5.82 Å². The summed E-state index contributed by atoms with van der Waals surface area (Å²) in [5, 5.41) is 0.319. The lowest BCUT2D eigenvalue weighted by Gasteiger charge is -2.31. The monoisotopic (exact) mass is 650 g/mol. The number of alkyl halides is 3. The number of para-hydroxylation sites is 2. The van der Waals surface area contributed by atoms with Gasteiger partial charge in [-0.3, -0.25) is 14.0 Å². The highest BCUT2D eigenvalue weighted by Crippen LogP contribution is 2.29. The molecule has 2 N–H and O–H groups in total. The van der Waals surface area contributed by atoms with E-state index in [1.54, 1.807) is 18.2 Å². The van der Waals surface area contributed by atoms with Gasteiger partial charge in [0, 0.05) is 31.4 Å². The predicted molar refractivity (Wildman–Crippen MR) is 151 cm³/mol. The number of hydrogen-bond donors (Lipinski definition) is 2. The van der Waals surface area contributed by atoms with Crippen LogP contribution >= 0.6 is 23.2 Å². The third-order valence-electron chi connectivity index (χ3n) is 7.54. The van der Waals surface area contributed by atoms with Crippen LogP contribution in [0.1, 0.15) is 46.2 Å². The molecule has 0 spiro atoms. The number of fused-ring (bicyclic) bond motifs is 2. The Labute approximate surface area is 255 Å². The van der Waals surface area contributed by atoms with Gasteiger partial charge >= 0.3 is 18.0 Å². The van der Waals surface area contributed by atoms with Gasteiger partial charge in [-0.05, 0) is 53.5 Å². The van der Waals surface area contributed by atoms with Crippen molar-refractivity contribution in [3.8, 4) is 0 Å². The third kappa shape index (κ3) is 5.41. The summed E-state index contributed by atoms with van der Waals surface area (Å²) >= 11 is 12.4. The second-order valence-electron chi connectivity index (χ2n) is 10.4. The lowest BCUT2D eigenvalue weighted by Crippen LogP contribution is -2.54. The number of aromatic amines is 2. The van der Waals surface area contributed by atoms with Gasteiger partial charge in [0.25, 0.3) is 11.5 Å². The molecule has 3 aromatic heterocycles. The van der Waals surface area contributed by atoms with Crippen LogP contribution in [0.15, 0.2) is 59.5 Å². The minimum absolute atomic E-state index is 0.0247. The van der Waals surface area contributed by atoms with Crippen LogP contribution in [-0.2, 0) is 11.2 Å². The van der Waals surface area contributed by atoms with Gasteiger partial charge in [-0.1, -0.05) is 41.4 Å². The number of H-pyrrole nitrogens is 2. The van der Waals surface area contributed by atoms with Crippen molar-refractivity contribution in [1.29, 1.82) is 0 Å². The summed E-state index contributed by atoms with van der Waals surface area (Å²) in [6, 6.07) is 11.9. The molecule has 1 unspecified atom stereocenters. The molecule has 1 saturated heterocycles. The number of imidazole rings is 1. The van der Waals surface area contributed by atoms with E-state index in [0.29, 0.717) is 29.6 Å². The number of halogens is 6. The predicted octanol–water partition coefficient (Wildman–Crippen LogP) is 4.97. The number of likely N-dealkylation sites (tertiary alicyclic amines) is 1. The Hall–Kier alpha value is -4.36. The third-order valence-corrected chi connectivity index (χ3v) is 8.30. The number of hydrogen-bond acceptors (Lipinski definition) is 4. The number of rotatable bonds is 5. The molecule has 1 aliphatic rings. The van der Waals surface area contributed by atoms with Crippen LogP contribution in [0.4, 0.5) is 17.6 Å². The number of aromatic nitrogens is 4. The Kier molecular flexibility index (Phi) is 7.62. The van der Waals surface area contributed by atoms with Crippen molar-refractivity contribution in [2.75, 3.05) is 13.1 Å². The smallest absolute Gasteiger partial charge is 0.338 e. The Balaban J connectivity index is 1.28. The van der Waals surface area contributed by atoms with Crippen LogP contribution < -0.4 is 15.1 Å². The van der Waals surface area contributed by atoms with E-state index in [2.05, 4.69) is 9.97 Å². The lowest BCUT2D eigenvalue weighted by atomic mass is 9.96. The van der Waals surface area contributed by atoms with Gasteiger partial charge in [-0.2, -0.15) is 13.2 Å². The van der Waals surface area contributed by atoms with Gasteiger partial charge in [0.15, 0.2) is 5.52 Å². The number of piperidine rings is 1. The molecule has 0 saturated carbocycles. The number of benzene rings is 2. The largest absolute Gasteiger partial charge is 0.495 e. The minimum Gasteiger partial charge on any atom is -0.338 e. The molecule has 228 valence electrons. The number of amides is 1. The maximum Gasteiger partial charge on any atom is 0.495 e. The Morgan fingerprint density at radius 1 is 1.11 bits per heavy atom. The van der Waals surface area contributed by atoms with E-state index >= 15 is 4.39 Å². The normalized spacial score (nSPS) is 15.7. The van der Waals surface area contributed by atoms with E-state index in [4.69, 9.17) is 28.0 Å². The molecule has 44 heavy (non-hydrogen) atoms. The summed E-state index contributed by atoms with van der Waals surface area (Å²) in [7, 11) is 0. The van der Waals surface area contributed by atoms with Crippen LogP contribution in [0.25, 0.3) is 16.6 Å². The first-order valence-corrected chi connectivity index (χ1v) is 14.1. The van der Waals surface area contributed by atoms with Crippen molar-refractivity contribution in [2.45, 2.75) is 31.4 Å². The maximum atomic E-state index is 15.1. The van der Waals surface area contributed by atoms with E-state index < -0.39 is 35.3 Å². The van der Waals surface area contributed by atoms with Gasteiger partial charge < -0.3 is 9.88 Å². The SMILES string of the molecule is O=C(c1cc(Cc2c[nH]c(=O)c3cc(Cl)c(Cl)n23)ccc1F)N1CCCC(c2[nH]c3ccccc3[n+]2OC(=O)C(F)(F)F)C1. The minimum atomic E-state index is -5.22. The van der Waals surface area contributed by atoms with Crippen LogP contribution in [0.3, 0.4) is 0 Å². The van der Waals surface area contributed by atoms with Crippen molar-refractivity contribution < 1.29 is 36.7 Å². The van der Waals surface area contributed by atoms with Crippen molar-refractivity contribution in [1.82, 2.24) is 19.3 Å². The second-order valence-corrected chi connectivity index (χ2v) is 11.2. The molecule has 15 heteroatoms. The molecular weight excluding hydrogens is 629 g/mol. The zero-order valence-electron chi connectivity index (χ0n) is 22.6. The first kappa shape index (κ1) is 29.7. The first-order chi connectivity index (χ1) is 20.9. The van der Waals surface area contributed by atoms with E-state index in [1.807, 2.05) is 0 Å². The summed E-state index contributed by atoms with van der Waals surface area (Å²) in [4.78, 5) is 49.4. The number of carbonyl (C=O) groups excluding carboxylic acids is 2. The van der Waals surface area contributed by atoms with Gasteiger partial charge in [0.2, 0.25) is 5.52 Å². The standard InChI is InChI=1S/C29H21Cl2F4N5O4/c30-19-12-23-26(41)36-13-17(39(23)24(19)31)10-15-7-8-20(32)18(11-15)27(42)38-9-3-4-16(14-38)25-37-21-5-1-2-6-22(21)40(25)44-28(43)29(33,34)35/h1-2,5-8,11-13,16H,3-4,9-10,14H2,(H,36,41)/p+1. The zero-order chi connectivity index (χ0) is 31.3. The zero-order valence-corrected chi connectivity index (χ0v) is 24.1. The Bertz CT molecular complexity index is 2000. The fourth-order valence-electron chi connectivity index (χ4n) is 5.51. The number of carbonyl (C=O) groups is 2. The molecule has 1 aliphatic heterocycles. The molecule has 4 heterocycles.